The molecule has 0 aromatic heterocycles. The summed E-state index contributed by atoms with van der Waals surface area (Å²) in [7, 11) is 0. The normalized spacial score (nSPS) is 39.3. The van der Waals surface area contributed by atoms with Gasteiger partial charge in [-0.25, -0.2) is 0 Å². The molecule has 0 saturated carbocycles. The monoisotopic (exact) mass is 278 g/mol. The van der Waals surface area contributed by atoms with Gasteiger partial charge in [0.1, 0.15) is 0 Å². The first kappa shape index (κ1) is 15.6. The summed E-state index contributed by atoms with van der Waals surface area (Å²) >= 11 is 5.89. The topological polar surface area (TPSA) is 18.5 Å². The molecule has 0 aromatic carbocycles. The van der Waals surface area contributed by atoms with Gasteiger partial charge in [0, 0.05) is 12.0 Å². The molecule has 1 aliphatic rings. The Hall–Kier alpha value is 0.570. The summed E-state index contributed by atoms with van der Waals surface area (Å²) in [5, 5.41) is 0. The summed E-state index contributed by atoms with van der Waals surface area (Å²) in [6.45, 7) is 15.3. The molecule has 1 heterocycles. The van der Waals surface area contributed by atoms with Crippen LogP contribution in [0, 0.1) is 17.8 Å². The fourth-order valence-corrected chi connectivity index (χ4v) is 7.65. The van der Waals surface area contributed by atoms with Gasteiger partial charge in [-0.2, -0.15) is 0 Å². The summed E-state index contributed by atoms with van der Waals surface area (Å²) in [6, 6.07) is -1.61. The molecule has 0 amide bonds. The van der Waals surface area contributed by atoms with Gasteiger partial charge in [0.15, 0.2) is 6.29 Å². The zero-order valence-corrected chi connectivity index (χ0v) is 13.8. The van der Waals surface area contributed by atoms with E-state index in [1.165, 1.54) is 0 Å². The molecule has 0 bridgehead atoms. The van der Waals surface area contributed by atoms with Crippen LogP contribution in [-0.2, 0) is 21.3 Å². The van der Waals surface area contributed by atoms with Crippen molar-refractivity contribution >= 4 is 17.8 Å². The van der Waals surface area contributed by atoms with Crippen molar-refractivity contribution in [2.24, 2.45) is 17.8 Å². The molecule has 0 aromatic rings. The molecular formula is C13H27O2PS. The van der Waals surface area contributed by atoms with Gasteiger partial charge < -0.3 is 9.47 Å². The lowest BCUT2D eigenvalue weighted by Crippen LogP contribution is -2.44. The fourth-order valence-electron chi connectivity index (χ4n) is 2.51. The van der Waals surface area contributed by atoms with Crippen LogP contribution in [0.3, 0.4) is 0 Å². The van der Waals surface area contributed by atoms with Gasteiger partial charge in [-0.15, -0.1) is 0 Å². The van der Waals surface area contributed by atoms with Crippen LogP contribution in [0.2, 0.25) is 0 Å². The molecule has 1 fully saturated rings. The van der Waals surface area contributed by atoms with Gasteiger partial charge >= 0.3 is 0 Å². The quantitative estimate of drug-likeness (QED) is 0.724. The average molecular weight is 278 g/mol. The SMILES string of the molecule is CC(C)C1OC(C(C)C)P(C)(=S)C(C(C)C)O1. The lowest BCUT2D eigenvalue weighted by Gasteiger charge is -2.47. The molecule has 1 rings (SSSR count). The second-order valence-electron chi connectivity index (χ2n) is 6.21. The van der Waals surface area contributed by atoms with E-state index in [9.17, 15) is 0 Å². The molecule has 1 aliphatic heterocycles. The van der Waals surface area contributed by atoms with Gasteiger partial charge in [0.05, 0.1) is 11.7 Å². The molecule has 102 valence electrons. The molecule has 2 atom stereocenters. The molecule has 2 nitrogen and oxygen atoms in total. The predicted octanol–water partition coefficient (Wildman–Crippen LogP) is 4.09. The minimum atomic E-state index is -1.61. The van der Waals surface area contributed by atoms with Gasteiger partial charge in [-0.1, -0.05) is 53.3 Å². The highest BCUT2D eigenvalue weighted by Gasteiger charge is 2.44. The van der Waals surface area contributed by atoms with E-state index in [2.05, 4.69) is 48.2 Å². The molecule has 0 N–H and O–H groups in total. The average Bonchev–Trinajstić information content (AvgIpc) is 2.14. The summed E-state index contributed by atoms with van der Waals surface area (Å²) in [5.41, 5.74) is 0. The van der Waals surface area contributed by atoms with E-state index in [4.69, 9.17) is 21.3 Å². The Morgan fingerprint density at radius 2 is 1.18 bits per heavy atom. The van der Waals surface area contributed by atoms with Crippen LogP contribution in [0.5, 0.6) is 0 Å². The van der Waals surface area contributed by atoms with Crippen molar-refractivity contribution in [3.63, 3.8) is 0 Å². The number of rotatable bonds is 3. The Morgan fingerprint density at radius 3 is 1.41 bits per heavy atom. The van der Waals surface area contributed by atoms with Gasteiger partial charge in [0.2, 0.25) is 0 Å². The zero-order chi connectivity index (χ0) is 13.4. The van der Waals surface area contributed by atoms with Crippen LogP contribution in [0.1, 0.15) is 41.5 Å². The van der Waals surface area contributed by atoms with E-state index in [-0.39, 0.29) is 18.0 Å². The summed E-state index contributed by atoms with van der Waals surface area (Å²) in [6.07, 6.45) is -0.0918. The van der Waals surface area contributed by atoms with E-state index in [1.54, 1.807) is 0 Å². The Kier molecular flexibility index (Phi) is 5.23. The highest BCUT2D eigenvalue weighted by Crippen LogP contribution is 2.61. The molecule has 17 heavy (non-hydrogen) atoms. The van der Waals surface area contributed by atoms with E-state index in [0.717, 1.165) is 0 Å². The van der Waals surface area contributed by atoms with E-state index in [1.807, 2.05) is 0 Å². The minimum Gasteiger partial charge on any atom is -0.343 e. The molecule has 0 aliphatic carbocycles. The van der Waals surface area contributed by atoms with Gasteiger partial charge in [-0.3, -0.25) is 0 Å². The highest BCUT2D eigenvalue weighted by atomic mass is 32.4. The number of hydrogen-bond acceptors (Lipinski definition) is 3. The Morgan fingerprint density at radius 1 is 0.824 bits per heavy atom. The summed E-state index contributed by atoms with van der Waals surface area (Å²) in [4.78, 5) is 0. The first-order valence-electron chi connectivity index (χ1n) is 6.55. The lowest BCUT2D eigenvalue weighted by molar-refractivity contribution is -0.212. The van der Waals surface area contributed by atoms with Crippen LogP contribution in [-0.4, -0.2) is 24.6 Å². The first-order valence-corrected chi connectivity index (χ1v) is 9.94. The molecule has 0 spiro atoms. The molecular weight excluding hydrogens is 251 g/mol. The van der Waals surface area contributed by atoms with E-state index in [0.29, 0.717) is 17.8 Å². The van der Waals surface area contributed by atoms with Crippen LogP contribution < -0.4 is 0 Å². The van der Waals surface area contributed by atoms with Gasteiger partial charge in [-0.05, 0) is 18.5 Å². The van der Waals surface area contributed by atoms with Crippen molar-refractivity contribution in [1.29, 1.82) is 0 Å². The van der Waals surface area contributed by atoms with Crippen molar-refractivity contribution in [2.75, 3.05) is 6.66 Å². The molecule has 4 heteroatoms. The van der Waals surface area contributed by atoms with Crippen molar-refractivity contribution in [1.82, 2.24) is 0 Å². The molecule has 2 unspecified atom stereocenters. The summed E-state index contributed by atoms with van der Waals surface area (Å²) in [5.74, 6) is 1.72. The zero-order valence-electron chi connectivity index (χ0n) is 12.1. The van der Waals surface area contributed by atoms with Crippen LogP contribution in [0.25, 0.3) is 0 Å². The van der Waals surface area contributed by atoms with E-state index >= 15 is 0 Å². The number of hydrogen-bond donors (Lipinski definition) is 0. The molecule has 1 saturated heterocycles. The predicted molar refractivity (Wildman–Crippen MR) is 78.3 cm³/mol. The summed E-state index contributed by atoms with van der Waals surface area (Å²) < 4.78 is 12.3. The number of ether oxygens (including phenoxy) is 2. The smallest absolute Gasteiger partial charge is 0.161 e. The van der Waals surface area contributed by atoms with Crippen LogP contribution in [0.15, 0.2) is 0 Å². The standard InChI is InChI=1S/C13H27O2PS/c1-8(2)11-14-12(9(3)4)16(7,17)13(15-11)10(5)6/h8-13H,1-7H3. The maximum atomic E-state index is 6.13. The Bertz CT molecular complexity index is 280. The maximum Gasteiger partial charge on any atom is 0.161 e. The van der Waals surface area contributed by atoms with E-state index < -0.39 is 6.04 Å². The van der Waals surface area contributed by atoms with Crippen molar-refractivity contribution < 1.29 is 9.47 Å². The highest BCUT2D eigenvalue weighted by molar-refractivity contribution is 8.14. The van der Waals surface area contributed by atoms with Crippen LogP contribution in [0.4, 0.5) is 0 Å². The third-order valence-corrected chi connectivity index (χ3v) is 7.95. The maximum absolute atomic E-state index is 6.13. The first-order chi connectivity index (χ1) is 7.67. The molecule has 0 radical (unpaired) electrons. The Labute approximate surface area is 111 Å². The largest absolute Gasteiger partial charge is 0.343 e. The minimum absolute atomic E-state index is 0.0918. The van der Waals surface area contributed by atoms with Crippen molar-refractivity contribution in [2.45, 2.75) is 59.5 Å². The fraction of sp³-hybridized carbons (Fsp3) is 1.00. The van der Waals surface area contributed by atoms with Crippen LogP contribution >= 0.6 is 6.04 Å². The second kappa shape index (κ2) is 5.69. The van der Waals surface area contributed by atoms with Crippen molar-refractivity contribution in [3.8, 4) is 0 Å². The third kappa shape index (κ3) is 3.32. The third-order valence-electron chi connectivity index (χ3n) is 3.24. The second-order valence-corrected chi connectivity index (χ2v) is 11.7. The lowest BCUT2D eigenvalue weighted by atomic mass is 10.2. The van der Waals surface area contributed by atoms with Gasteiger partial charge in [0.25, 0.3) is 0 Å². The van der Waals surface area contributed by atoms with Crippen molar-refractivity contribution in [3.05, 3.63) is 0 Å². The Balaban J connectivity index is 3.01.